The van der Waals surface area contributed by atoms with Crippen molar-refractivity contribution in [3.05, 3.63) is 5.82 Å². The quantitative estimate of drug-likeness (QED) is 0.653. The third-order valence-electron chi connectivity index (χ3n) is 2.29. The second kappa shape index (κ2) is 5.59. The van der Waals surface area contributed by atoms with Gasteiger partial charge in [0.25, 0.3) is 0 Å². The van der Waals surface area contributed by atoms with E-state index in [9.17, 15) is 0 Å². The summed E-state index contributed by atoms with van der Waals surface area (Å²) in [6.07, 6.45) is 4.37. The molecule has 1 aromatic rings. The molecule has 0 unspecified atom stereocenters. The molecule has 0 fully saturated rings. The number of aryl methyl sites for hydroxylation is 1. The standard InChI is InChI=1S/C9H19N5/c1-11-9-13-12-8(14(9)2)6-4-3-5-7-10/h3-7,10H2,1-2H3,(H,11,13). The van der Waals surface area contributed by atoms with Crippen LogP contribution in [0.1, 0.15) is 25.1 Å². The summed E-state index contributed by atoms with van der Waals surface area (Å²) in [5.74, 6) is 1.85. The van der Waals surface area contributed by atoms with E-state index >= 15 is 0 Å². The Bertz CT molecular complexity index is 268. The van der Waals surface area contributed by atoms with Crippen molar-refractivity contribution in [2.45, 2.75) is 25.7 Å². The van der Waals surface area contributed by atoms with E-state index in [2.05, 4.69) is 15.5 Å². The highest BCUT2D eigenvalue weighted by molar-refractivity contribution is 5.23. The molecular formula is C9H19N5. The molecule has 14 heavy (non-hydrogen) atoms. The summed E-state index contributed by atoms with van der Waals surface area (Å²) in [4.78, 5) is 0. The predicted octanol–water partition coefficient (Wildman–Crippen LogP) is 0.528. The van der Waals surface area contributed by atoms with Crippen molar-refractivity contribution in [1.82, 2.24) is 14.8 Å². The molecule has 0 spiro atoms. The van der Waals surface area contributed by atoms with Gasteiger partial charge in [-0.3, -0.25) is 0 Å². The molecule has 0 aliphatic carbocycles. The summed E-state index contributed by atoms with van der Waals surface area (Å²) in [5, 5.41) is 11.1. The normalized spacial score (nSPS) is 10.5. The summed E-state index contributed by atoms with van der Waals surface area (Å²) in [7, 11) is 3.83. The Morgan fingerprint density at radius 1 is 1.29 bits per heavy atom. The fraction of sp³-hybridized carbons (Fsp3) is 0.778. The molecule has 5 heteroatoms. The summed E-state index contributed by atoms with van der Waals surface area (Å²) in [6, 6.07) is 0. The average Bonchev–Trinajstić information content (AvgIpc) is 2.55. The summed E-state index contributed by atoms with van der Waals surface area (Å²) >= 11 is 0. The molecular weight excluding hydrogens is 178 g/mol. The maximum Gasteiger partial charge on any atom is 0.224 e. The molecule has 0 bridgehead atoms. The lowest BCUT2D eigenvalue weighted by atomic mass is 10.2. The van der Waals surface area contributed by atoms with Crippen LogP contribution in [0.4, 0.5) is 5.95 Å². The highest BCUT2D eigenvalue weighted by Gasteiger charge is 2.05. The first-order valence-corrected chi connectivity index (χ1v) is 5.05. The minimum absolute atomic E-state index is 0.778. The molecule has 0 aromatic carbocycles. The van der Waals surface area contributed by atoms with Crippen molar-refractivity contribution in [2.75, 3.05) is 18.9 Å². The Balaban J connectivity index is 2.39. The van der Waals surface area contributed by atoms with Crippen LogP contribution >= 0.6 is 0 Å². The molecule has 80 valence electrons. The van der Waals surface area contributed by atoms with Gasteiger partial charge in [0, 0.05) is 20.5 Å². The zero-order valence-corrected chi connectivity index (χ0v) is 8.95. The van der Waals surface area contributed by atoms with Crippen molar-refractivity contribution in [2.24, 2.45) is 12.8 Å². The van der Waals surface area contributed by atoms with Crippen LogP contribution in [-0.4, -0.2) is 28.4 Å². The lowest BCUT2D eigenvalue weighted by Crippen LogP contribution is -2.03. The first-order valence-electron chi connectivity index (χ1n) is 5.05. The van der Waals surface area contributed by atoms with Crippen molar-refractivity contribution < 1.29 is 0 Å². The Kier molecular flexibility index (Phi) is 4.39. The smallest absolute Gasteiger partial charge is 0.224 e. The maximum absolute atomic E-state index is 5.42. The lowest BCUT2D eigenvalue weighted by Gasteiger charge is -2.02. The van der Waals surface area contributed by atoms with Gasteiger partial charge in [-0.05, 0) is 19.4 Å². The lowest BCUT2D eigenvalue weighted by molar-refractivity contribution is 0.652. The molecule has 0 saturated heterocycles. The zero-order valence-electron chi connectivity index (χ0n) is 8.95. The van der Waals surface area contributed by atoms with E-state index in [4.69, 9.17) is 5.73 Å². The van der Waals surface area contributed by atoms with Crippen molar-refractivity contribution in [1.29, 1.82) is 0 Å². The van der Waals surface area contributed by atoms with Gasteiger partial charge in [0.2, 0.25) is 5.95 Å². The molecule has 1 rings (SSSR count). The van der Waals surface area contributed by atoms with Crippen molar-refractivity contribution >= 4 is 5.95 Å². The highest BCUT2D eigenvalue weighted by Crippen LogP contribution is 2.07. The predicted molar refractivity (Wildman–Crippen MR) is 57.2 cm³/mol. The number of unbranched alkanes of at least 4 members (excludes halogenated alkanes) is 2. The Hall–Kier alpha value is -1.10. The van der Waals surface area contributed by atoms with E-state index in [-0.39, 0.29) is 0 Å². The van der Waals surface area contributed by atoms with Gasteiger partial charge in [-0.15, -0.1) is 10.2 Å². The van der Waals surface area contributed by atoms with Gasteiger partial charge in [0.05, 0.1) is 0 Å². The molecule has 0 amide bonds. The molecule has 0 radical (unpaired) electrons. The van der Waals surface area contributed by atoms with E-state index in [1.54, 1.807) is 0 Å². The second-order valence-electron chi connectivity index (χ2n) is 3.35. The fourth-order valence-corrected chi connectivity index (χ4v) is 1.40. The largest absolute Gasteiger partial charge is 0.357 e. The number of nitrogens with two attached hydrogens (primary N) is 1. The van der Waals surface area contributed by atoms with E-state index in [0.717, 1.165) is 44.0 Å². The van der Waals surface area contributed by atoms with Crippen LogP contribution < -0.4 is 11.1 Å². The van der Waals surface area contributed by atoms with Crippen LogP contribution in [0.2, 0.25) is 0 Å². The van der Waals surface area contributed by atoms with Gasteiger partial charge in [0.1, 0.15) is 5.82 Å². The number of aromatic nitrogens is 3. The average molecular weight is 197 g/mol. The number of rotatable bonds is 6. The van der Waals surface area contributed by atoms with E-state index in [0.29, 0.717) is 0 Å². The van der Waals surface area contributed by atoms with Gasteiger partial charge in [-0.1, -0.05) is 6.42 Å². The van der Waals surface area contributed by atoms with E-state index in [1.807, 2.05) is 18.7 Å². The van der Waals surface area contributed by atoms with Crippen LogP contribution in [0.25, 0.3) is 0 Å². The van der Waals surface area contributed by atoms with Crippen LogP contribution in [-0.2, 0) is 13.5 Å². The summed E-state index contributed by atoms with van der Waals surface area (Å²) in [5.41, 5.74) is 5.42. The first-order chi connectivity index (χ1) is 6.79. The van der Waals surface area contributed by atoms with E-state index < -0.39 is 0 Å². The van der Waals surface area contributed by atoms with E-state index in [1.165, 1.54) is 0 Å². The SMILES string of the molecule is CNc1nnc(CCCCCN)n1C. The van der Waals surface area contributed by atoms with Crippen molar-refractivity contribution in [3.8, 4) is 0 Å². The third kappa shape index (κ3) is 2.70. The zero-order chi connectivity index (χ0) is 10.4. The highest BCUT2D eigenvalue weighted by atomic mass is 15.3. The number of nitrogens with zero attached hydrogens (tertiary/aromatic N) is 3. The molecule has 0 atom stereocenters. The third-order valence-corrected chi connectivity index (χ3v) is 2.29. The van der Waals surface area contributed by atoms with Crippen molar-refractivity contribution in [3.63, 3.8) is 0 Å². The van der Waals surface area contributed by atoms with Gasteiger partial charge in [0.15, 0.2) is 0 Å². The minimum atomic E-state index is 0.778. The number of anilines is 1. The summed E-state index contributed by atoms with van der Waals surface area (Å²) < 4.78 is 1.99. The number of hydrogen-bond donors (Lipinski definition) is 2. The molecule has 1 heterocycles. The van der Waals surface area contributed by atoms with Gasteiger partial charge < -0.3 is 15.6 Å². The molecule has 0 aliphatic rings. The monoisotopic (exact) mass is 197 g/mol. The molecule has 1 aromatic heterocycles. The Morgan fingerprint density at radius 3 is 2.64 bits per heavy atom. The summed E-state index contributed by atoms with van der Waals surface area (Å²) in [6.45, 7) is 0.778. The first kappa shape index (κ1) is 11.0. The topological polar surface area (TPSA) is 68.8 Å². The Morgan fingerprint density at radius 2 is 2.07 bits per heavy atom. The maximum atomic E-state index is 5.42. The van der Waals surface area contributed by atoms with Crippen LogP contribution in [0.15, 0.2) is 0 Å². The minimum Gasteiger partial charge on any atom is -0.357 e. The van der Waals surface area contributed by atoms with Crippen LogP contribution in [0, 0.1) is 0 Å². The van der Waals surface area contributed by atoms with Gasteiger partial charge in [-0.2, -0.15) is 0 Å². The molecule has 0 saturated carbocycles. The van der Waals surface area contributed by atoms with Gasteiger partial charge in [-0.25, -0.2) is 0 Å². The molecule has 0 aliphatic heterocycles. The van der Waals surface area contributed by atoms with Crippen LogP contribution in [0.3, 0.4) is 0 Å². The number of nitrogens with one attached hydrogen (secondary N) is 1. The number of hydrogen-bond acceptors (Lipinski definition) is 4. The second-order valence-corrected chi connectivity index (χ2v) is 3.35. The van der Waals surface area contributed by atoms with Crippen LogP contribution in [0.5, 0.6) is 0 Å². The molecule has 3 N–H and O–H groups in total. The van der Waals surface area contributed by atoms with Gasteiger partial charge >= 0.3 is 0 Å². The molecule has 5 nitrogen and oxygen atoms in total. The Labute approximate surface area is 84.7 Å². The fourth-order valence-electron chi connectivity index (χ4n) is 1.40.